The quantitative estimate of drug-likeness (QED) is 0.792. The molecular weight excluding hydrogens is 272 g/mol. The molecule has 0 atom stereocenters. The zero-order valence-electron chi connectivity index (χ0n) is 16.3. The number of imidazole rings is 1. The lowest BCUT2D eigenvalue weighted by atomic mass is 10.2. The van der Waals surface area contributed by atoms with Crippen molar-refractivity contribution >= 4 is 6.08 Å². The van der Waals surface area contributed by atoms with E-state index >= 15 is 0 Å². The molecule has 0 unspecified atom stereocenters. The van der Waals surface area contributed by atoms with Gasteiger partial charge in [0.2, 0.25) is 0 Å². The van der Waals surface area contributed by atoms with Crippen LogP contribution in [0.15, 0.2) is 5.70 Å². The van der Waals surface area contributed by atoms with Crippen LogP contribution in [0.2, 0.25) is 0 Å². The van der Waals surface area contributed by atoms with Crippen molar-refractivity contribution in [1.82, 2.24) is 20.2 Å². The van der Waals surface area contributed by atoms with Crippen molar-refractivity contribution in [2.75, 3.05) is 26.7 Å². The van der Waals surface area contributed by atoms with Crippen LogP contribution in [0.1, 0.15) is 65.7 Å². The number of rotatable bonds is 7. The maximum absolute atomic E-state index is 4.54. The van der Waals surface area contributed by atoms with Crippen molar-refractivity contribution in [3.8, 4) is 0 Å². The fourth-order valence-corrected chi connectivity index (χ4v) is 2.07. The second kappa shape index (κ2) is 14.6. The summed E-state index contributed by atoms with van der Waals surface area (Å²) in [5.41, 5.74) is 3.57. The van der Waals surface area contributed by atoms with E-state index in [9.17, 15) is 0 Å². The molecule has 1 heterocycles. The molecular formula is C18H38N4. The van der Waals surface area contributed by atoms with Crippen LogP contribution >= 0.6 is 0 Å². The molecule has 4 nitrogen and oxygen atoms in total. The minimum absolute atomic E-state index is 0.989. The van der Waals surface area contributed by atoms with Crippen molar-refractivity contribution in [3.63, 3.8) is 0 Å². The molecule has 0 aliphatic heterocycles. The summed E-state index contributed by atoms with van der Waals surface area (Å²) in [4.78, 5) is 10.2. The predicted octanol–water partition coefficient (Wildman–Crippen LogP) is 4.24. The van der Waals surface area contributed by atoms with Crippen LogP contribution < -0.4 is 5.32 Å². The fraction of sp³-hybridized carbons (Fsp3) is 0.722. The Morgan fingerprint density at radius 1 is 1.23 bits per heavy atom. The van der Waals surface area contributed by atoms with Gasteiger partial charge in [-0.1, -0.05) is 34.6 Å². The van der Waals surface area contributed by atoms with Crippen LogP contribution in [0.4, 0.5) is 0 Å². The van der Waals surface area contributed by atoms with Crippen molar-refractivity contribution in [3.05, 3.63) is 22.9 Å². The Morgan fingerprint density at radius 3 is 2.27 bits per heavy atom. The van der Waals surface area contributed by atoms with Crippen LogP contribution in [-0.2, 0) is 6.42 Å². The predicted molar refractivity (Wildman–Crippen MR) is 100 cm³/mol. The van der Waals surface area contributed by atoms with E-state index in [1.54, 1.807) is 0 Å². The highest BCUT2D eigenvalue weighted by molar-refractivity contribution is 5.50. The average molecular weight is 311 g/mol. The average Bonchev–Trinajstić information content (AvgIpc) is 2.91. The molecule has 0 amide bonds. The first-order valence-corrected chi connectivity index (χ1v) is 8.75. The summed E-state index contributed by atoms with van der Waals surface area (Å²) >= 11 is 0. The van der Waals surface area contributed by atoms with Gasteiger partial charge in [-0.2, -0.15) is 0 Å². The van der Waals surface area contributed by atoms with Gasteiger partial charge >= 0.3 is 0 Å². The topological polar surface area (TPSA) is 44.0 Å². The van der Waals surface area contributed by atoms with Crippen molar-refractivity contribution in [1.29, 1.82) is 0 Å². The molecule has 1 aromatic rings. The van der Waals surface area contributed by atoms with Crippen LogP contribution in [0.3, 0.4) is 0 Å². The van der Waals surface area contributed by atoms with Gasteiger partial charge in [-0.15, -0.1) is 0 Å². The number of H-pyrrole nitrogens is 1. The monoisotopic (exact) mass is 310 g/mol. The van der Waals surface area contributed by atoms with Gasteiger partial charge in [0.25, 0.3) is 0 Å². The van der Waals surface area contributed by atoms with Crippen LogP contribution in [0, 0.1) is 6.92 Å². The molecule has 0 aromatic carbocycles. The first kappa shape index (κ1) is 23.0. The van der Waals surface area contributed by atoms with E-state index < -0.39 is 0 Å². The normalized spacial score (nSPS) is 10.3. The standard InChI is InChI=1S/C14H26N4.2C2H6/c1-6-13-14(17-12(4)16-13)10-11(3)18(7-2)9-8-15-5;2*1-2/h10,15H,6-9H2,1-5H3,(H,16,17);2*1-2H3/b11-10+;;. The lowest BCUT2D eigenvalue weighted by Gasteiger charge is -2.23. The van der Waals surface area contributed by atoms with Gasteiger partial charge in [0, 0.05) is 31.0 Å². The number of hydrogen-bond acceptors (Lipinski definition) is 3. The number of aromatic amines is 1. The lowest BCUT2D eigenvalue weighted by Crippen LogP contribution is -2.29. The van der Waals surface area contributed by atoms with Crippen LogP contribution in [-0.4, -0.2) is 41.5 Å². The molecule has 0 aliphatic rings. The Morgan fingerprint density at radius 2 is 1.82 bits per heavy atom. The first-order valence-electron chi connectivity index (χ1n) is 8.75. The minimum atomic E-state index is 0.989. The highest BCUT2D eigenvalue weighted by Gasteiger charge is 2.07. The van der Waals surface area contributed by atoms with Crippen molar-refractivity contribution < 1.29 is 0 Å². The number of aryl methyl sites for hydroxylation is 2. The van der Waals surface area contributed by atoms with E-state index in [2.05, 4.69) is 47.0 Å². The number of allylic oxidation sites excluding steroid dienone is 1. The van der Waals surface area contributed by atoms with E-state index in [0.29, 0.717) is 0 Å². The highest BCUT2D eigenvalue weighted by atomic mass is 15.1. The largest absolute Gasteiger partial charge is 0.374 e. The SMILES string of the molecule is CC.CC.CCc1[nH]c(C)nc1/C=C(\C)N(CC)CCNC. The summed E-state index contributed by atoms with van der Waals surface area (Å²) in [6, 6.07) is 0. The molecule has 0 aliphatic carbocycles. The Bertz CT molecular complexity index is 394. The van der Waals surface area contributed by atoms with Crippen LogP contribution in [0.5, 0.6) is 0 Å². The molecule has 130 valence electrons. The summed E-state index contributed by atoms with van der Waals surface area (Å²) in [7, 11) is 1.99. The number of likely N-dealkylation sites (N-methyl/N-ethyl adjacent to an activating group) is 2. The third-order valence-electron chi connectivity index (χ3n) is 3.14. The number of aromatic nitrogens is 2. The maximum Gasteiger partial charge on any atom is 0.103 e. The summed E-state index contributed by atoms with van der Waals surface area (Å²) < 4.78 is 0. The van der Waals surface area contributed by atoms with E-state index in [1.807, 2.05) is 41.7 Å². The summed E-state index contributed by atoms with van der Waals surface area (Å²) in [6.45, 7) is 19.5. The molecule has 1 rings (SSSR count). The van der Waals surface area contributed by atoms with E-state index in [0.717, 1.165) is 37.6 Å². The summed E-state index contributed by atoms with van der Waals surface area (Å²) in [6.07, 6.45) is 3.17. The van der Waals surface area contributed by atoms with Crippen LogP contribution in [0.25, 0.3) is 6.08 Å². The van der Waals surface area contributed by atoms with Gasteiger partial charge in [0.05, 0.1) is 5.69 Å². The lowest BCUT2D eigenvalue weighted by molar-refractivity contribution is 0.366. The van der Waals surface area contributed by atoms with Gasteiger partial charge in [0.15, 0.2) is 0 Å². The number of nitrogens with zero attached hydrogens (tertiary/aromatic N) is 2. The smallest absolute Gasteiger partial charge is 0.103 e. The molecule has 0 bridgehead atoms. The Hall–Kier alpha value is -1.29. The minimum Gasteiger partial charge on any atom is -0.374 e. The van der Waals surface area contributed by atoms with Gasteiger partial charge < -0.3 is 15.2 Å². The number of hydrogen-bond donors (Lipinski definition) is 2. The van der Waals surface area contributed by atoms with E-state index in [1.165, 1.54) is 11.4 Å². The fourth-order valence-electron chi connectivity index (χ4n) is 2.07. The third kappa shape index (κ3) is 8.23. The molecule has 0 fully saturated rings. The molecule has 0 spiro atoms. The molecule has 0 saturated heterocycles. The summed E-state index contributed by atoms with van der Waals surface area (Å²) in [5, 5.41) is 3.19. The number of nitrogens with one attached hydrogen (secondary N) is 2. The van der Waals surface area contributed by atoms with Gasteiger partial charge in [-0.3, -0.25) is 0 Å². The van der Waals surface area contributed by atoms with Crippen molar-refractivity contribution in [2.45, 2.75) is 61.8 Å². The molecule has 4 heteroatoms. The summed E-state index contributed by atoms with van der Waals surface area (Å²) in [5.74, 6) is 0.990. The molecule has 0 radical (unpaired) electrons. The molecule has 1 aromatic heterocycles. The maximum atomic E-state index is 4.54. The van der Waals surface area contributed by atoms with E-state index in [4.69, 9.17) is 0 Å². The highest BCUT2D eigenvalue weighted by Crippen LogP contribution is 2.13. The second-order valence-corrected chi connectivity index (χ2v) is 4.51. The Kier molecular flexibility index (Phi) is 15.3. The first-order chi connectivity index (χ1) is 10.6. The molecule has 22 heavy (non-hydrogen) atoms. The van der Waals surface area contributed by atoms with Crippen molar-refractivity contribution in [2.24, 2.45) is 0 Å². The molecule has 2 N–H and O–H groups in total. The van der Waals surface area contributed by atoms with Gasteiger partial charge in [-0.25, -0.2) is 4.98 Å². The zero-order chi connectivity index (χ0) is 17.5. The zero-order valence-corrected chi connectivity index (χ0v) is 16.3. The second-order valence-electron chi connectivity index (χ2n) is 4.51. The Balaban J connectivity index is 0. The van der Waals surface area contributed by atoms with Gasteiger partial charge in [-0.05, 0) is 40.3 Å². The third-order valence-corrected chi connectivity index (χ3v) is 3.14. The molecule has 0 saturated carbocycles. The van der Waals surface area contributed by atoms with Gasteiger partial charge in [0.1, 0.15) is 5.82 Å². The van der Waals surface area contributed by atoms with E-state index in [-0.39, 0.29) is 0 Å². The Labute approximate surface area is 138 Å².